The zero-order chi connectivity index (χ0) is 15.0. The zero-order valence-corrected chi connectivity index (χ0v) is 11.5. The number of amides is 1. The van der Waals surface area contributed by atoms with E-state index in [1.54, 1.807) is 43.0 Å². The molecule has 0 spiro atoms. The van der Waals surface area contributed by atoms with E-state index in [4.69, 9.17) is 0 Å². The molecule has 7 nitrogen and oxygen atoms in total. The third-order valence-electron chi connectivity index (χ3n) is 3.12. The fourth-order valence-electron chi connectivity index (χ4n) is 2.16. The van der Waals surface area contributed by atoms with E-state index in [1.807, 2.05) is 0 Å². The molecule has 21 heavy (non-hydrogen) atoms. The number of aromatic nitrogens is 4. The molecule has 2 N–H and O–H groups in total. The highest BCUT2D eigenvalue weighted by atomic mass is 16.2. The second-order valence-electron chi connectivity index (χ2n) is 4.72. The number of nitrogens with one attached hydrogen (secondary N) is 2. The number of rotatable bonds is 2. The first-order chi connectivity index (χ1) is 10.0. The Morgan fingerprint density at radius 3 is 2.90 bits per heavy atom. The van der Waals surface area contributed by atoms with E-state index in [9.17, 15) is 9.59 Å². The van der Waals surface area contributed by atoms with E-state index < -0.39 is 0 Å². The molecule has 3 aromatic rings. The molecule has 0 bridgehead atoms. The highest BCUT2D eigenvalue weighted by Gasteiger charge is 2.12. The van der Waals surface area contributed by atoms with Crippen LogP contribution in [0.5, 0.6) is 0 Å². The maximum Gasteiger partial charge on any atom is 0.277 e. The topological polar surface area (TPSA) is 92.7 Å². The molecule has 0 saturated heterocycles. The molecule has 7 heteroatoms. The number of carbonyl (C=O) groups is 1. The van der Waals surface area contributed by atoms with Gasteiger partial charge in [-0.25, -0.2) is 4.98 Å². The maximum absolute atomic E-state index is 12.0. The van der Waals surface area contributed by atoms with Crippen molar-refractivity contribution in [3.8, 4) is 0 Å². The van der Waals surface area contributed by atoms with Crippen molar-refractivity contribution in [2.45, 2.75) is 6.92 Å². The number of hydrogen-bond acceptors (Lipinski definition) is 4. The number of nitrogens with zero attached hydrogens (tertiary/aromatic N) is 3. The predicted octanol–water partition coefficient (Wildman–Crippen LogP) is 1.22. The SMILES string of the molecule is Cc1cc(NC(=O)c2ccn(C)n2)nc2cc[nH]c(=O)c12. The van der Waals surface area contributed by atoms with Crippen LogP contribution in [-0.4, -0.2) is 25.7 Å². The number of carbonyl (C=O) groups excluding carboxylic acids is 1. The molecule has 0 atom stereocenters. The van der Waals surface area contributed by atoms with Crippen molar-refractivity contribution in [2.24, 2.45) is 7.05 Å². The summed E-state index contributed by atoms with van der Waals surface area (Å²) in [5.74, 6) is 0.0490. The summed E-state index contributed by atoms with van der Waals surface area (Å²) in [5, 5.41) is 7.23. The molecular formula is C14H13N5O2. The third-order valence-corrected chi connectivity index (χ3v) is 3.12. The third kappa shape index (κ3) is 2.40. The van der Waals surface area contributed by atoms with Gasteiger partial charge >= 0.3 is 0 Å². The van der Waals surface area contributed by atoms with Crippen molar-refractivity contribution in [2.75, 3.05) is 5.32 Å². The summed E-state index contributed by atoms with van der Waals surface area (Å²) in [6, 6.07) is 4.98. The minimum absolute atomic E-state index is 0.194. The molecule has 0 fully saturated rings. The molecule has 0 aliphatic carbocycles. The van der Waals surface area contributed by atoms with Gasteiger partial charge in [-0.15, -0.1) is 0 Å². The lowest BCUT2D eigenvalue weighted by atomic mass is 10.1. The smallest absolute Gasteiger partial charge is 0.277 e. The van der Waals surface area contributed by atoms with Crippen LogP contribution in [0.25, 0.3) is 10.9 Å². The van der Waals surface area contributed by atoms with E-state index in [1.165, 1.54) is 6.20 Å². The van der Waals surface area contributed by atoms with Crippen LogP contribution >= 0.6 is 0 Å². The molecule has 3 heterocycles. The van der Waals surface area contributed by atoms with Crippen LogP contribution in [0.3, 0.4) is 0 Å². The Hall–Kier alpha value is -2.96. The fraction of sp³-hybridized carbons (Fsp3) is 0.143. The van der Waals surface area contributed by atoms with Gasteiger partial charge in [0, 0.05) is 19.4 Å². The van der Waals surface area contributed by atoms with E-state index in [-0.39, 0.29) is 11.5 Å². The molecule has 3 rings (SSSR count). The van der Waals surface area contributed by atoms with Crippen molar-refractivity contribution < 1.29 is 4.79 Å². The molecule has 0 aliphatic rings. The van der Waals surface area contributed by atoms with Crippen LogP contribution in [0, 0.1) is 6.92 Å². The fourth-order valence-corrected chi connectivity index (χ4v) is 2.16. The lowest BCUT2D eigenvalue weighted by Gasteiger charge is -2.06. The van der Waals surface area contributed by atoms with Gasteiger partial charge < -0.3 is 10.3 Å². The van der Waals surface area contributed by atoms with Crippen LogP contribution in [0.15, 0.2) is 35.4 Å². The predicted molar refractivity (Wildman–Crippen MR) is 78.3 cm³/mol. The van der Waals surface area contributed by atoms with Crippen molar-refractivity contribution >= 4 is 22.6 Å². The average molecular weight is 283 g/mol. The van der Waals surface area contributed by atoms with Crippen LogP contribution in [0.4, 0.5) is 5.82 Å². The number of pyridine rings is 2. The summed E-state index contributed by atoms with van der Waals surface area (Å²) in [6.45, 7) is 1.80. The number of aryl methyl sites for hydroxylation is 2. The van der Waals surface area contributed by atoms with Crippen molar-refractivity contribution in [3.05, 3.63) is 52.2 Å². The molecule has 1 amide bonds. The van der Waals surface area contributed by atoms with Gasteiger partial charge in [0.15, 0.2) is 5.69 Å². The second kappa shape index (κ2) is 4.86. The van der Waals surface area contributed by atoms with Crippen molar-refractivity contribution in [3.63, 3.8) is 0 Å². The van der Waals surface area contributed by atoms with Crippen LogP contribution in [0.2, 0.25) is 0 Å². The van der Waals surface area contributed by atoms with Crippen LogP contribution in [-0.2, 0) is 7.05 Å². The highest BCUT2D eigenvalue weighted by molar-refractivity contribution is 6.02. The van der Waals surface area contributed by atoms with Gasteiger partial charge in [-0.3, -0.25) is 14.3 Å². The van der Waals surface area contributed by atoms with E-state index in [2.05, 4.69) is 20.4 Å². The Kier molecular flexibility index (Phi) is 3.02. The van der Waals surface area contributed by atoms with E-state index in [0.717, 1.165) is 5.56 Å². The normalized spacial score (nSPS) is 10.8. The van der Waals surface area contributed by atoms with E-state index in [0.29, 0.717) is 22.4 Å². The molecule has 3 aromatic heterocycles. The molecule has 0 radical (unpaired) electrons. The molecule has 0 unspecified atom stereocenters. The largest absolute Gasteiger partial charge is 0.328 e. The number of fused-ring (bicyclic) bond motifs is 1. The van der Waals surface area contributed by atoms with Gasteiger partial charge in [-0.05, 0) is 30.7 Å². The first-order valence-electron chi connectivity index (χ1n) is 6.34. The number of aromatic amines is 1. The number of anilines is 1. The monoisotopic (exact) mass is 283 g/mol. The Balaban J connectivity index is 1.98. The first kappa shape index (κ1) is 13.0. The van der Waals surface area contributed by atoms with Gasteiger partial charge in [0.2, 0.25) is 0 Å². The molecule has 0 aliphatic heterocycles. The zero-order valence-electron chi connectivity index (χ0n) is 11.5. The minimum Gasteiger partial charge on any atom is -0.328 e. The summed E-state index contributed by atoms with van der Waals surface area (Å²) in [7, 11) is 1.74. The lowest BCUT2D eigenvalue weighted by Crippen LogP contribution is -2.15. The maximum atomic E-state index is 12.0. The van der Waals surface area contributed by atoms with Gasteiger partial charge in [0.05, 0.1) is 10.9 Å². The Morgan fingerprint density at radius 2 is 2.19 bits per heavy atom. The summed E-state index contributed by atoms with van der Waals surface area (Å²) >= 11 is 0. The number of hydrogen-bond donors (Lipinski definition) is 2. The van der Waals surface area contributed by atoms with Crippen LogP contribution in [0.1, 0.15) is 16.1 Å². The minimum atomic E-state index is -0.341. The van der Waals surface area contributed by atoms with E-state index >= 15 is 0 Å². The summed E-state index contributed by atoms with van der Waals surface area (Å²) in [4.78, 5) is 30.7. The Labute approximate surface area is 119 Å². The number of H-pyrrole nitrogens is 1. The molecular weight excluding hydrogens is 270 g/mol. The molecule has 0 saturated carbocycles. The van der Waals surface area contributed by atoms with Crippen molar-refractivity contribution in [1.82, 2.24) is 19.7 Å². The van der Waals surface area contributed by atoms with Crippen molar-refractivity contribution in [1.29, 1.82) is 0 Å². The molecule has 0 aromatic carbocycles. The summed E-state index contributed by atoms with van der Waals surface area (Å²) < 4.78 is 1.55. The Bertz CT molecular complexity index is 894. The Morgan fingerprint density at radius 1 is 1.38 bits per heavy atom. The second-order valence-corrected chi connectivity index (χ2v) is 4.72. The van der Waals surface area contributed by atoms with Gasteiger partial charge in [-0.1, -0.05) is 0 Å². The first-order valence-corrected chi connectivity index (χ1v) is 6.34. The lowest BCUT2D eigenvalue weighted by molar-refractivity contribution is 0.102. The summed E-state index contributed by atoms with van der Waals surface area (Å²) in [5.41, 5.74) is 1.40. The van der Waals surface area contributed by atoms with Gasteiger partial charge in [-0.2, -0.15) is 5.10 Å². The molecule has 106 valence electrons. The quantitative estimate of drug-likeness (QED) is 0.739. The summed E-state index contributed by atoms with van der Waals surface area (Å²) in [6.07, 6.45) is 3.22. The van der Waals surface area contributed by atoms with Gasteiger partial charge in [0.1, 0.15) is 5.82 Å². The van der Waals surface area contributed by atoms with Gasteiger partial charge in [0.25, 0.3) is 11.5 Å². The highest BCUT2D eigenvalue weighted by Crippen LogP contribution is 2.16. The standard InChI is InChI=1S/C14H13N5O2/c1-8-7-11(16-9-3-5-15-14(21)12(8)9)17-13(20)10-4-6-19(2)18-10/h3-7H,1-2H3,(H,15,21)(H,16,17,20). The average Bonchev–Trinajstić information content (AvgIpc) is 2.85. The van der Waals surface area contributed by atoms with Crippen LogP contribution < -0.4 is 10.9 Å².